The van der Waals surface area contributed by atoms with Crippen molar-refractivity contribution in [3.63, 3.8) is 0 Å². The van der Waals surface area contributed by atoms with E-state index in [1.54, 1.807) is 6.92 Å². The van der Waals surface area contributed by atoms with Crippen molar-refractivity contribution in [2.45, 2.75) is 45.8 Å². The van der Waals surface area contributed by atoms with Gasteiger partial charge in [0.15, 0.2) is 11.0 Å². The SMILES string of the molecule is CC(CC(=O)OC(C)(C)C)Nc1nc(N)nc(Cl)c1N. The van der Waals surface area contributed by atoms with Gasteiger partial charge in [-0.05, 0) is 27.7 Å². The summed E-state index contributed by atoms with van der Waals surface area (Å²) in [4.78, 5) is 19.4. The van der Waals surface area contributed by atoms with Crippen LogP contribution in [0.15, 0.2) is 0 Å². The molecule has 0 saturated carbocycles. The van der Waals surface area contributed by atoms with Gasteiger partial charge in [-0.3, -0.25) is 4.79 Å². The molecule has 0 fully saturated rings. The van der Waals surface area contributed by atoms with Crippen LogP contribution >= 0.6 is 11.6 Å². The number of carbonyl (C=O) groups is 1. The van der Waals surface area contributed by atoms with Gasteiger partial charge in [0.05, 0.1) is 6.42 Å². The van der Waals surface area contributed by atoms with Crippen LogP contribution < -0.4 is 16.8 Å². The van der Waals surface area contributed by atoms with Crippen LogP contribution in [0, 0.1) is 0 Å². The third-order valence-electron chi connectivity index (χ3n) is 2.19. The molecule has 0 saturated heterocycles. The number of rotatable bonds is 4. The first-order valence-corrected chi connectivity index (χ1v) is 6.53. The van der Waals surface area contributed by atoms with Gasteiger partial charge in [0, 0.05) is 6.04 Å². The molecule has 1 unspecified atom stereocenters. The number of hydrogen-bond acceptors (Lipinski definition) is 7. The number of esters is 1. The van der Waals surface area contributed by atoms with Crippen molar-refractivity contribution in [2.75, 3.05) is 16.8 Å². The van der Waals surface area contributed by atoms with E-state index in [0.717, 1.165) is 0 Å². The summed E-state index contributed by atoms with van der Waals surface area (Å²) in [5.41, 5.74) is 10.9. The number of nitrogens with two attached hydrogens (primary N) is 2. The molecule has 1 atom stereocenters. The van der Waals surface area contributed by atoms with Crippen LogP contribution in [0.3, 0.4) is 0 Å². The van der Waals surface area contributed by atoms with E-state index in [0.29, 0.717) is 5.82 Å². The Hall–Kier alpha value is -1.76. The fourth-order valence-corrected chi connectivity index (χ4v) is 1.66. The molecule has 0 aromatic carbocycles. The fourth-order valence-electron chi connectivity index (χ4n) is 1.49. The zero-order valence-electron chi connectivity index (χ0n) is 12.0. The van der Waals surface area contributed by atoms with Crippen LogP contribution in [0.25, 0.3) is 0 Å². The molecule has 5 N–H and O–H groups in total. The van der Waals surface area contributed by atoms with Crippen molar-refractivity contribution in [1.82, 2.24) is 9.97 Å². The number of ether oxygens (including phenoxy) is 1. The molecular weight excluding hydrogens is 282 g/mol. The number of nitrogens with zero attached hydrogens (tertiary/aromatic N) is 2. The van der Waals surface area contributed by atoms with Crippen LogP contribution in [0.1, 0.15) is 34.1 Å². The van der Waals surface area contributed by atoms with E-state index in [1.165, 1.54) is 0 Å². The summed E-state index contributed by atoms with van der Waals surface area (Å²) in [5.74, 6) is -0.000997. The van der Waals surface area contributed by atoms with Crippen molar-refractivity contribution < 1.29 is 9.53 Å². The van der Waals surface area contributed by atoms with Crippen molar-refractivity contribution in [3.8, 4) is 0 Å². The van der Waals surface area contributed by atoms with Gasteiger partial charge in [-0.1, -0.05) is 11.6 Å². The van der Waals surface area contributed by atoms with Crippen LogP contribution in [0.2, 0.25) is 5.15 Å². The molecule has 0 bridgehead atoms. The van der Waals surface area contributed by atoms with Gasteiger partial charge in [0.25, 0.3) is 0 Å². The summed E-state index contributed by atoms with van der Waals surface area (Å²) in [6, 6.07) is -0.238. The highest BCUT2D eigenvalue weighted by molar-refractivity contribution is 6.32. The molecule has 1 aromatic heterocycles. The van der Waals surface area contributed by atoms with Crippen LogP contribution in [-0.2, 0) is 9.53 Å². The molecule has 1 aromatic rings. The molecule has 0 amide bonds. The Labute approximate surface area is 123 Å². The second-order valence-electron chi connectivity index (χ2n) is 5.47. The highest BCUT2D eigenvalue weighted by atomic mass is 35.5. The largest absolute Gasteiger partial charge is 0.460 e. The number of anilines is 3. The van der Waals surface area contributed by atoms with Crippen molar-refractivity contribution in [3.05, 3.63) is 5.15 Å². The van der Waals surface area contributed by atoms with E-state index in [1.807, 2.05) is 20.8 Å². The lowest BCUT2D eigenvalue weighted by Gasteiger charge is -2.21. The molecule has 112 valence electrons. The Morgan fingerprint density at radius 1 is 1.40 bits per heavy atom. The lowest BCUT2D eigenvalue weighted by molar-refractivity contribution is -0.154. The van der Waals surface area contributed by atoms with E-state index in [-0.39, 0.29) is 35.2 Å². The van der Waals surface area contributed by atoms with Gasteiger partial charge < -0.3 is 21.5 Å². The zero-order chi connectivity index (χ0) is 15.5. The molecule has 0 spiro atoms. The third kappa shape index (κ3) is 5.08. The Bertz CT molecular complexity index is 501. The predicted octanol–water partition coefficient (Wildman–Crippen LogP) is 1.83. The number of nitrogen functional groups attached to an aromatic ring is 2. The lowest BCUT2D eigenvalue weighted by Crippen LogP contribution is -2.28. The molecular formula is C12H20ClN5O2. The quantitative estimate of drug-likeness (QED) is 0.573. The molecule has 1 rings (SSSR count). The predicted molar refractivity (Wildman–Crippen MR) is 79.4 cm³/mol. The maximum atomic E-state index is 11.7. The van der Waals surface area contributed by atoms with Gasteiger partial charge in [-0.25, -0.2) is 0 Å². The minimum atomic E-state index is -0.515. The molecule has 0 aliphatic rings. The van der Waals surface area contributed by atoms with Crippen LogP contribution in [0.5, 0.6) is 0 Å². The molecule has 1 heterocycles. The van der Waals surface area contributed by atoms with E-state index in [9.17, 15) is 4.79 Å². The molecule has 8 heteroatoms. The van der Waals surface area contributed by atoms with Crippen molar-refractivity contribution in [2.24, 2.45) is 0 Å². The number of nitrogens with one attached hydrogen (secondary N) is 1. The van der Waals surface area contributed by atoms with Crippen molar-refractivity contribution >= 4 is 35.0 Å². The average molecular weight is 302 g/mol. The maximum absolute atomic E-state index is 11.7. The number of carbonyl (C=O) groups excluding carboxylic acids is 1. The maximum Gasteiger partial charge on any atom is 0.308 e. The zero-order valence-corrected chi connectivity index (χ0v) is 12.8. The minimum Gasteiger partial charge on any atom is -0.460 e. The Balaban J connectivity index is 2.67. The van der Waals surface area contributed by atoms with Gasteiger partial charge in [-0.2, -0.15) is 9.97 Å². The van der Waals surface area contributed by atoms with Gasteiger partial charge in [-0.15, -0.1) is 0 Å². The molecule has 20 heavy (non-hydrogen) atoms. The topological polar surface area (TPSA) is 116 Å². The summed E-state index contributed by atoms with van der Waals surface area (Å²) in [7, 11) is 0. The van der Waals surface area contributed by atoms with Crippen LogP contribution in [-0.4, -0.2) is 27.6 Å². The Kier molecular flexibility index (Phi) is 4.99. The summed E-state index contributed by atoms with van der Waals surface area (Å²) < 4.78 is 5.23. The number of halogens is 1. The summed E-state index contributed by atoms with van der Waals surface area (Å²) >= 11 is 5.81. The molecule has 0 aliphatic carbocycles. The van der Waals surface area contributed by atoms with E-state index >= 15 is 0 Å². The van der Waals surface area contributed by atoms with E-state index in [4.69, 9.17) is 27.8 Å². The first-order chi connectivity index (χ1) is 9.08. The molecule has 7 nitrogen and oxygen atoms in total. The Morgan fingerprint density at radius 3 is 2.55 bits per heavy atom. The second kappa shape index (κ2) is 6.13. The summed E-state index contributed by atoms with van der Waals surface area (Å²) in [5, 5.41) is 3.04. The monoisotopic (exact) mass is 301 g/mol. The Morgan fingerprint density at radius 2 is 2.00 bits per heavy atom. The first-order valence-electron chi connectivity index (χ1n) is 6.15. The highest BCUT2D eigenvalue weighted by Crippen LogP contribution is 2.25. The van der Waals surface area contributed by atoms with Gasteiger partial charge >= 0.3 is 5.97 Å². The standard InChI is InChI=1S/C12H20ClN5O2/c1-6(5-7(19)20-12(2,3)4)16-10-8(14)9(13)17-11(15)18-10/h6H,5,14H2,1-4H3,(H3,15,16,17,18). The molecule has 0 aliphatic heterocycles. The normalized spacial score (nSPS) is 12.8. The third-order valence-corrected chi connectivity index (χ3v) is 2.48. The van der Waals surface area contributed by atoms with Crippen LogP contribution in [0.4, 0.5) is 17.5 Å². The number of hydrogen-bond donors (Lipinski definition) is 3. The van der Waals surface area contributed by atoms with Gasteiger partial charge in [0.2, 0.25) is 5.95 Å². The van der Waals surface area contributed by atoms with E-state index in [2.05, 4.69) is 15.3 Å². The first kappa shape index (κ1) is 16.3. The van der Waals surface area contributed by atoms with Gasteiger partial charge in [0.1, 0.15) is 11.3 Å². The average Bonchev–Trinajstić information content (AvgIpc) is 2.21. The summed E-state index contributed by atoms with van der Waals surface area (Å²) in [6.45, 7) is 7.24. The van der Waals surface area contributed by atoms with E-state index < -0.39 is 5.60 Å². The van der Waals surface area contributed by atoms with Crippen molar-refractivity contribution in [1.29, 1.82) is 0 Å². The highest BCUT2D eigenvalue weighted by Gasteiger charge is 2.19. The molecule has 0 radical (unpaired) electrons. The lowest BCUT2D eigenvalue weighted by atomic mass is 10.2. The summed E-state index contributed by atoms with van der Waals surface area (Å²) in [6.07, 6.45) is 0.165. The smallest absolute Gasteiger partial charge is 0.308 e. The minimum absolute atomic E-state index is 0.0103. The second-order valence-corrected chi connectivity index (χ2v) is 5.83. The fraction of sp³-hybridized carbons (Fsp3) is 0.583. The number of aromatic nitrogens is 2.